The van der Waals surface area contributed by atoms with Crippen molar-refractivity contribution in [2.45, 2.75) is 24.7 Å². The van der Waals surface area contributed by atoms with Gasteiger partial charge in [-0.15, -0.1) is 0 Å². The lowest BCUT2D eigenvalue weighted by molar-refractivity contribution is 0.0782. The number of likely N-dealkylation sites (N-methyl/N-ethyl adjacent to an activating group) is 1. The molecule has 1 saturated heterocycles. The number of benzene rings is 2. The fourth-order valence-corrected chi connectivity index (χ4v) is 4.35. The minimum Gasteiger partial charge on any atom is -0.340 e. The third kappa shape index (κ3) is 5.33. The summed E-state index contributed by atoms with van der Waals surface area (Å²) in [5, 5.41) is 0. The molecule has 0 aromatic heterocycles. The van der Waals surface area contributed by atoms with Crippen molar-refractivity contribution in [1.29, 1.82) is 0 Å². The molecular formula is C21H26FN3O3S. The number of nitrogens with one attached hydrogen (secondary N) is 1. The number of amides is 1. The van der Waals surface area contributed by atoms with Crippen LogP contribution < -0.4 is 4.72 Å². The minimum absolute atomic E-state index is 0.167. The van der Waals surface area contributed by atoms with Gasteiger partial charge in [-0.05, 0) is 68.8 Å². The maximum absolute atomic E-state index is 13.7. The lowest BCUT2D eigenvalue weighted by Crippen LogP contribution is -2.35. The quantitative estimate of drug-likeness (QED) is 0.749. The van der Waals surface area contributed by atoms with E-state index in [0.29, 0.717) is 17.7 Å². The summed E-state index contributed by atoms with van der Waals surface area (Å²) in [7, 11) is -2.22. The summed E-state index contributed by atoms with van der Waals surface area (Å²) < 4.78 is 41.3. The number of rotatable bonds is 7. The second-order valence-corrected chi connectivity index (χ2v) is 9.06. The summed E-state index contributed by atoms with van der Waals surface area (Å²) in [4.78, 5) is 16.5. The maximum Gasteiger partial charge on any atom is 0.261 e. The molecule has 1 aliphatic heterocycles. The summed E-state index contributed by atoms with van der Waals surface area (Å²) in [6, 6.07) is 10.1. The largest absolute Gasteiger partial charge is 0.340 e. The van der Waals surface area contributed by atoms with Gasteiger partial charge in [0.15, 0.2) is 0 Å². The Morgan fingerprint density at radius 1 is 1.17 bits per heavy atom. The van der Waals surface area contributed by atoms with Gasteiger partial charge in [0.05, 0.1) is 4.90 Å². The van der Waals surface area contributed by atoms with E-state index < -0.39 is 15.8 Å². The van der Waals surface area contributed by atoms with Crippen LogP contribution in [0.25, 0.3) is 0 Å². The van der Waals surface area contributed by atoms with E-state index in [2.05, 4.69) is 9.62 Å². The molecule has 2 aromatic rings. The molecule has 1 fully saturated rings. The van der Waals surface area contributed by atoms with E-state index in [1.54, 1.807) is 37.1 Å². The normalized spacial score (nSPS) is 14.7. The van der Waals surface area contributed by atoms with Gasteiger partial charge in [0, 0.05) is 31.4 Å². The highest BCUT2D eigenvalue weighted by molar-refractivity contribution is 7.92. The molecular weight excluding hydrogens is 393 g/mol. The molecule has 0 aliphatic carbocycles. The number of hydrogen-bond donors (Lipinski definition) is 1. The second kappa shape index (κ2) is 8.92. The maximum atomic E-state index is 13.7. The molecule has 0 radical (unpaired) electrons. The van der Waals surface area contributed by atoms with Crippen molar-refractivity contribution in [3.05, 3.63) is 59.4 Å². The highest BCUT2D eigenvalue weighted by Gasteiger charge is 2.18. The van der Waals surface area contributed by atoms with Crippen LogP contribution in [0.4, 0.5) is 10.1 Å². The summed E-state index contributed by atoms with van der Waals surface area (Å²) in [6.07, 6.45) is 2.40. The predicted octanol–water partition coefficient (Wildman–Crippen LogP) is 3.10. The van der Waals surface area contributed by atoms with Crippen molar-refractivity contribution in [3.8, 4) is 0 Å². The average molecular weight is 420 g/mol. The van der Waals surface area contributed by atoms with Gasteiger partial charge in [0.2, 0.25) is 0 Å². The average Bonchev–Trinajstić information content (AvgIpc) is 3.21. The van der Waals surface area contributed by atoms with Gasteiger partial charge in [-0.2, -0.15) is 0 Å². The first-order chi connectivity index (χ1) is 13.8. The topological polar surface area (TPSA) is 69.7 Å². The molecule has 29 heavy (non-hydrogen) atoms. The molecule has 0 spiro atoms. The minimum atomic E-state index is -3.96. The van der Waals surface area contributed by atoms with Crippen LogP contribution in [0.5, 0.6) is 0 Å². The monoisotopic (exact) mass is 419 g/mol. The molecule has 8 heteroatoms. The zero-order chi connectivity index (χ0) is 21.0. The molecule has 1 amide bonds. The van der Waals surface area contributed by atoms with E-state index in [1.165, 1.54) is 31.0 Å². The van der Waals surface area contributed by atoms with E-state index >= 15 is 0 Å². The molecule has 0 atom stereocenters. The van der Waals surface area contributed by atoms with Gasteiger partial charge < -0.3 is 9.80 Å². The summed E-state index contributed by atoms with van der Waals surface area (Å²) in [5.41, 5.74) is 1.02. The Morgan fingerprint density at radius 2 is 1.90 bits per heavy atom. The summed E-state index contributed by atoms with van der Waals surface area (Å²) >= 11 is 0. The van der Waals surface area contributed by atoms with Crippen LogP contribution in [0.3, 0.4) is 0 Å². The smallest absolute Gasteiger partial charge is 0.261 e. The molecule has 2 aromatic carbocycles. The van der Waals surface area contributed by atoms with Crippen LogP contribution in [0.1, 0.15) is 28.8 Å². The van der Waals surface area contributed by atoms with Gasteiger partial charge in [0.1, 0.15) is 5.82 Å². The van der Waals surface area contributed by atoms with E-state index in [4.69, 9.17) is 0 Å². The van der Waals surface area contributed by atoms with Crippen molar-refractivity contribution in [2.75, 3.05) is 37.9 Å². The molecule has 3 rings (SSSR count). The van der Waals surface area contributed by atoms with Crippen molar-refractivity contribution in [2.24, 2.45) is 0 Å². The molecule has 0 saturated carbocycles. The third-order valence-electron chi connectivity index (χ3n) is 5.11. The van der Waals surface area contributed by atoms with Crippen molar-refractivity contribution < 1.29 is 17.6 Å². The first kappa shape index (κ1) is 21.3. The fourth-order valence-electron chi connectivity index (χ4n) is 3.29. The summed E-state index contributed by atoms with van der Waals surface area (Å²) in [5.74, 6) is -0.761. The molecule has 1 heterocycles. The van der Waals surface area contributed by atoms with Crippen LogP contribution in [0, 0.1) is 12.7 Å². The molecule has 156 valence electrons. The highest BCUT2D eigenvalue weighted by atomic mass is 32.2. The lowest BCUT2D eigenvalue weighted by atomic mass is 10.2. The number of hydrogen-bond acceptors (Lipinski definition) is 4. The van der Waals surface area contributed by atoms with E-state index in [1.807, 2.05) is 0 Å². The number of likely N-dealkylation sites (tertiary alicyclic amines) is 1. The number of halogens is 1. The van der Waals surface area contributed by atoms with Gasteiger partial charge in [-0.3, -0.25) is 9.52 Å². The SMILES string of the molecule is Cc1ccc(S(=O)(=O)Nc2cccc(C(=O)N(C)CCN3CCCC3)c2)cc1F. The van der Waals surface area contributed by atoms with Crippen molar-refractivity contribution in [1.82, 2.24) is 9.80 Å². The first-order valence-corrected chi connectivity index (χ1v) is 11.1. The van der Waals surface area contributed by atoms with Gasteiger partial charge in [0.25, 0.3) is 15.9 Å². The number of nitrogens with zero attached hydrogens (tertiary/aromatic N) is 2. The first-order valence-electron chi connectivity index (χ1n) is 9.63. The number of aryl methyl sites for hydroxylation is 1. The van der Waals surface area contributed by atoms with Crippen LogP contribution >= 0.6 is 0 Å². The van der Waals surface area contributed by atoms with Crippen molar-refractivity contribution in [3.63, 3.8) is 0 Å². The van der Waals surface area contributed by atoms with E-state index in [-0.39, 0.29) is 16.5 Å². The number of carbonyl (C=O) groups excluding carboxylic acids is 1. The molecule has 0 bridgehead atoms. The molecule has 1 N–H and O–H groups in total. The number of sulfonamides is 1. The Morgan fingerprint density at radius 3 is 2.59 bits per heavy atom. The van der Waals surface area contributed by atoms with E-state index in [0.717, 1.165) is 25.7 Å². The Hall–Kier alpha value is -2.45. The number of carbonyl (C=O) groups is 1. The molecule has 6 nitrogen and oxygen atoms in total. The van der Waals surface area contributed by atoms with Crippen LogP contribution in [0.2, 0.25) is 0 Å². The zero-order valence-electron chi connectivity index (χ0n) is 16.7. The second-order valence-electron chi connectivity index (χ2n) is 7.37. The Kier molecular flexibility index (Phi) is 6.54. The summed E-state index contributed by atoms with van der Waals surface area (Å²) in [6.45, 7) is 5.14. The Balaban J connectivity index is 1.69. The van der Waals surface area contributed by atoms with Crippen LogP contribution in [-0.4, -0.2) is 57.4 Å². The number of anilines is 1. The third-order valence-corrected chi connectivity index (χ3v) is 6.49. The Bertz CT molecular complexity index is 988. The Labute approximate surface area is 171 Å². The van der Waals surface area contributed by atoms with E-state index in [9.17, 15) is 17.6 Å². The van der Waals surface area contributed by atoms with Gasteiger partial charge in [-0.1, -0.05) is 12.1 Å². The van der Waals surface area contributed by atoms with Crippen LogP contribution in [-0.2, 0) is 10.0 Å². The molecule has 0 unspecified atom stereocenters. The fraction of sp³-hybridized carbons (Fsp3) is 0.381. The lowest BCUT2D eigenvalue weighted by Gasteiger charge is -2.21. The van der Waals surface area contributed by atoms with Gasteiger partial charge >= 0.3 is 0 Å². The predicted molar refractivity (Wildman–Crippen MR) is 111 cm³/mol. The van der Waals surface area contributed by atoms with Crippen LogP contribution in [0.15, 0.2) is 47.4 Å². The molecule has 1 aliphatic rings. The zero-order valence-corrected chi connectivity index (χ0v) is 17.5. The van der Waals surface area contributed by atoms with Gasteiger partial charge in [-0.25, -0.2) is 12.8 Å². The standard InChI is InChI=1S/C21H26FN3O3S/c1-16-8-9-19(15-20(16)22)29(27,28)23-18-7-5-6-17(14-18)21(26)24(2)12-13-25-10-3-4-11-25/h5-9,14-15,23H,3-4,10-13H2,1-2H3. The highest BCUT2D eigenvalue weighted by Crippen LogP contribution is 2.20. The van der Waals surface area contributed by atoms with Crippen molar-refractivity contribution >= 4 is 21.6 Å².